The third-order valence-electron chi connectivity index (χ3n) is 2.89. The van der Waals surface area contributed by atoms with E-state index in [2.05, 4.69) is 10.3 Å². The number of amides is 1. The molecule has 0 radical (unpaired) electrons. The van der Waals surface area contributed by atoms with Crippen molar-refractivity contribution in [1.82, 2.24) is 10.3 Å². The number of rotatable bonds is 4. The molecule has 0 aliphatic rings. The first-order valence-electron chi connectivity index (χ1n) is 6.29. The number of halogens is 1. The molecule has 1 amide bonds. The van der Waals surface area contributed by atoms with Crippen LogP contribution >= 0.6 is 0 Å². The number of H-pyrrole nitrogens is 1. The highest BCUT2D eigenvalue weighted by Gasteiger charge is 2.09. The van der Waals surface area contributed by atoms with Crippen molar-refractivity contribution in [2.45, 2.75) is 13.3 Å². The van der Waals surface area contributed by atoms with Crippen LogP contribution < -0.4 is 10.9 Å². The van der Waals surface area contributed by atoms with Gasteiger partial charge in [-0.2, -0.15) is 0 Å². The molecule has 0 unspecified atom stereocenters. The van der Waals surface area contributed by atoms with Crippen molar-refractivity contribution in [3.05, 3.63) is 69.4 Å². The second-order valence-electron chi connectivity index (χ2n) is 4.52. The molecule has 0 fully saturated rings. The Bertz CT molecular complexity index is 680. The quantitative estimate of drug-likeness (QED) is 0.893. The Morgan fingerprint density at radius 3 is 2.80 bits per heavy atom. The Labute approximate surface area is 115 Å². The Morgan fingerprint density at radius 1 is 1.30 bits per heavy atom. The van der Waals surface area contributed by atoms with Gasteiger partial charge in [0.15, 0.2) is 0 Å². The average Bonchev–Trinajstić information content (AvgIpc) is 2.38. The number of aromatic amines is 1. The van der Waals surface area contributed by atoms with Crippen molar-refractivity contribution in [2.75, 3.05) is 6.54 Å². The summed E-state index contributed by atoms with van der Waals surface area (Å²) in [7, 11) is 0. The minimum Gasteiger partial charge on any atom is -0.352 e. The normalized spacial score (nSPS) is 10.3. The maximum atomic E-state index is 13.0. The Morgan fingerprint density at radius 2 is 2.10 bits per heavy atom. The Balaban J connectivity index is 1.94. The maximum Gasteiger partial charge on any atom is 0.260 e. The van der Waals surface area contributed by atoms with Gasteiger partial charge in [-0.25, -0.2) is 4.39 Å². The second-order valence-corrected chi connectivity index (χ2v) is 4.52. The van der Waals surface area contributed by atoms with Gasteiger partial charge in [-0.15, -0.1) is 0 Å². The van der Waals surface area contributed by atoms with E-state index in [1.54, 1.807) is 25.1 Å². The van der Waals surface area contributed by atoms with Crippen molar-refractivity contribution < 1.29 is 9.18 Å². The standard InChI is InChI=1S/C15H15FN2O2/c1-10-5-6-13(15(20)18-10)14(19)17-8-7-11-3-2-4-12(16)9-11/h2-6,9H,7-8H2,1H3,(H,17,19)(H,18,20). The first-order valence-corrected chi connectivity index (χ1v) is 6.29. The minimum absolute atomic E-state index is 0.0786. The summed E-state index contributed by atoms with van der Waals surface area (Å²) in [6.07, 6.45) is 0.507. The van der Waals surface area contributed by atoms with E-state index in [0.717, 1.165) is 5.56 Å². The van der Waals surface area contributed by atoms with Crippen molar-refractivity contribution in [2.24, 2.45) is 0 Å². The molecule has 104 valence electrons. The lowest BCUT2D eigenvalue weighted by Gasteiger charge is -2.05. The van der Waals surface area contributed by atoms with Gasteiger partial charge in [-0.1, -0.05) is 12.1 Å². The van der Waals surface area contributed by atoms with Crippen LogP contribution in [0.15, 0.2) is 41.2 Å². The molecule has 0 aliphatic heterocycles. The summed E-state index contributed by atoms with van der Waals surface area (Å²) in [6.45, 7) is 2.09. The summed E-state index contributed by atoms with van der Waals surface area (Å²) in [5, 5.41) is 2.65. The first-order chi connectivity index (χ1) is 9.56. The molecule has 20 heavy (non-hydrogen) atoms. The lowest BCUT2D eigenvalue weighted by atomic mass is 10.1. The average molecular weight is 274 g/mol. The molecule has 2 N–H and O–H groups in total. The summed E-state index contributed by atoms with van der Waals surface area (Å²) in [6, 6.07) is 9.36. The van der Waals surface area contributed by atoms with Crippen LogP contribution in [0, 0.1) is 12.7 Å². The molecule has 2 aromatic rings. The van der Waals surface area contributed by atoms with Crippen molar-refractivity contribution >= 4 is 5.91 Å². The zero-order valence-corrected chi connectivity index (χ0v) is 11.1. The van der Waals surface area contributed by atoms with Gasteiger partial charge in [-0.3, -0.25) is 9.59 Å². The third-order valence-corrected chi connectivity index (χ3v) is 2.89. The number of pyridine rings is 1. The molecule has 0 bridgehead atoms. The summed E-state index contributed by atoms with van der Waals surface area (Å²) in [5.74, 6) is -0.730. The molecule has 1 aromatic heterocycles. The number of carbonyl (C=O) groups is 1. The van der Waals surface area contributed by atoms with Crippen LogP contribution in [0.4, 0.5) is 4.39 Å². The van der Waals surface area contributed by atoms with E-state index in [1.165, 1.54) is 18.2 Å². The van der Waals surface area contributed by atoms with E-state index >= 15 is 0 Å². The van der Waals surface area contributed by atoms with Crippen LogP contribution in [0.1, 0.15) is 21.6 Å². The fourth-order valence-corrected chi connectivity index (χ4v) is 1.86. The smallest absolute Gasteiger partial charge is 0.260 e. The highest BCUT2D eigenvalue weighted by Crippen LogP contribution is 2.03. The fraction of sp³-hybridized carbons (Fsp3) is 0.200. The van der Waals surface area contributed by atoms with Crippen LogP contribution in [-0.2, 0) is 6.42 Å². The van der Waals surface area contributed by atoms with Crippen LogP contribution in [0.3, 0.4) is 0 Å². The van der Waals surface area contributed by atoms with Gasteiger partial charge < -0.3 is 10.3 Å². The van der Waals surface area contributed by atoms with Gasteiger partial charge in [0, 0.05) is 12.2 Å². The molecule has 1 heterocycles. The zero-order chi connectivity index (χ0) is 14.5. The maximum absolute atomic E-state index is 13.0. The van der Waals surface area contributed by atoms with Crippen molar-refractivity contribution in [3.63, 3.8) is 0 Å². The molecule has 0 spiro atoms. The van der Waals surface area contributed by atoms with Crippen LogP contribution in [0.5, 0.6) is 0 Å². The Kier molecular flexibility index (Phi) is 4.30. The molecule has 0 atom stereocenters. The number of carbonyl (C=O) groups excluding carboxylic acids is 1. The number of benzene rings is 1. The fourth-order valence-electron chi connectivity index (χ4n) is 1.86. The van der Waals surface area contributed by atoms with Crippen molar-refractivity contribution in [3.8, 4) is 0 Å². The number of hydrogen-bond donors (Lipinski definition) is 2. The minimum atomic E-state index is -0.428. The van der Waals surface area contributed by atoms with E-state index in [9.17, 15) is 14.0 Å². The van der Waals surface area contributed by atoms with Gasteiger partial charge in [0.2, 0.25) is 0 Å². The molecule has 2 rings (SSSR count). The lowest BCUT2D eigenvalue weighted by Crippen LogP contribution is -2.31. The van der Waals surface area contributed by atoms with Gasteiger partial charge in [0.1, 0.15) is 11.4 Å². The number of aromatic nitrogens is 1. The van der Waals surface area contributed by atoms with E-state index in [-0.39, 0.29) is 11.4 Å². The first kappa shape index (κ1) is 14.0. The summed E-state index contributed by atoms with van der Waals surface area (Å²) < 4.78 is 13.0. The van der Waals surface area contributed by atoms with Gasteiger partial charge >= 0.3 is 0 Å². The molecule has 5 heteroatoms. The largest absolute Gasteiger partial charge is 0.352 e. The second kappa shape index (κ2) is 6.14. The summed E-state index contributed by atoms with van der Waals surface area (Å²) >= 11 is 0. The van der Waals surface area contributed by atoms with Crippen LogP contribution in [0.25, 0.3) is 0 Å². The number of nitrogens with one attached hydrogen (secondary N) is 2. The highest BCUT2D eigenvalue weighted by molar-refractivity contribution is 5.93. The lowest BCUT2D eigenvalue weighted by molar-refractivity contribution is 0.0952. The van der Waals surface area contributed by atoms with Crippen LogP contribution in [0.2, 0.25) is 0 Å². The zero-order valence-electron chi connectivity index (χ0n) is 11.1. The van der Waals surface area contributed by atoms with Crippen molar-refractivity contribution in [1.29, 1.82) is 0 Å². The molecular formula is C15H15FN2O2. The van der Waals surface area contributed by atoms with Crippen LogP contribution in [-0.4, -0.2) is 17.4 Å². The van der Waals surface area contributed by atoms with Gasteiger partial charge in [0.05, 0.1) is 0 Å². The predicted octanol–water partition coefficient (Wildman–Crippen LogP) is 1.79. The van der Waals surface area contributed by atoms with Gasteiger partial charge in [-0.05, 0) is 43.2 Å². The molecule has 0 aliphatic carbocycles. The Hall–Kier alpha value is -2.43. The van der Waals surface area contributed by atoms with E-state index in [1.807, 2.05) is 0 Å². The molecule has 0 saturated carbocycles. The van der Waals surface area contributed by atoms with E-state index in [4.69, 9.17) is 0 Å². The van der Waals surface area contributed by atoms with E-state index in [0.29, 0.717) is 18.7 Å². The molecular weight excluding hydrogens is 259 g/mol. The predicted molar refractivity (Wildman–Crippen MR) is 74.2 cm³/mol. The molecule has 1 aromatic carbocycles. The number of aryl methyl sites for hydroxylation is 1. The summed E-state index contributed by atoms with van der Waals surface area (Å²) in [4.78, 5) is 26.0. The molecule has 4 nitrogen and oxygen atoms in total. The topological polar surface area (TPSA) is 62.0 Å². The highest BCUT2D eigenvalue weighted by atomic mass is 19.1. The number of hydrogen-bond acceptors (Lipinski definition) is 2. The third kappa shape index (κ3) is 3.54. The van der Waals surface area contributed by atoms with Gasteiger partial charge in [0.25, 0.3) is 11.5 Å². The monoisotopic (exact) mass is 274 g/mol. The van der Waals surface area contributed by atoms with E-state index < -0.39 is 11.5 Å². The summed E-state index contributed by atoms with van der Waals surface area (Å²) in [5.41, 5.74) is 1.16. The molecule has 0 saturated heterocycles. The SMILES string of the molecule is Cc1ccc(C(=O)NCCc2cccc(F)c2)c(=O)[nH]1.